The molecular weight excluding hydrogens is 267 g/mol. The topological polar surface area (TPSA) is 35.2 Å². The predicted molar refractivity (Wildman–Crippen MR) is 71.2 cm³/mol. The van der Waals surface area contributed by atoms with Gasteiger partial charge in [-0.3, -0.25) is 0 Å². The van der Waals surface area contributed by atoms with E-state index >= 15 is 0 Å². The molecule has 5 heteroatoms. The molecule has 0 saturated carbocycles. The van der Waals surface area contributed by atoms with Gasteiger partial charge in [-0.2, -0.15) is 0 Å². The molecule has 0 radical (unpaired) electrons. The zero-order valence-electron chi connectivity index (χ0n) is 10.8. The lowest BCUT2D eigenvalue weighted by Crippen LogP contribution is -2.17. The number of alkyl halides is 3. The lowest BCUT2D eigenvalue weighted by molar-refractivity contribution is -0.274. The maximum atomic E-state index is 12.4. The van der Waals surface area contributed by atoms with E-state index in [1.54, 1.807) is 30.3 Å². The minimum atomic E-state index is -4.71. The second-order valence-electron chi connectivity index (χ2n) is 4.46. The number of rotatable bonds is 3. The van der Waals surface area contributed by atoms with Gasteiger partial charge in [-0.25, -0.2) is 0 Å². The summed E-state index contributed by atoms with van der Waals surface area (Å²) in [5.74, 6) is -0.221. The van der Waals surface area contributed by atoms with E-state index in [4.69, 9.17) is 5.73 Å². The van der Waals surface area contributed by atoms with Gasteiger partial charge in [-0.1, -0.05) is 36.4 Å². The Labute approximate surface area is 115 Å². The van der Waals surface area contributed by atoms with Crippen LogP contribution in [0, 0.1) is 0 Å². The Hall–Kier alpha value is -2.01. The second kappa shape index (κ2) is 5.54. The first-order valence-corrected chi connectivity index (χ1v) is 6.07. The van der Waals surface area contributed by atoms with E-state index < -0.39 is 6.36 Å². The van der Waals surface area contributed by atoms with Crippen LogP contribution in [-0.4, -0.2) is 6.36 Å². The van der Waals surface area contributed by atoms with Crippen LogP contribution in [0.4, 0.5) is 13.2 Å². The van der Waals surface area contributed by atoms with Crippen LogP contribution in [0.3, 0.4) is 0 Å². The number of ether oxygens (including phenoxy) is 1. The SMILES string of the molecule is C[C@@H](N)c1cccc(-c2ccccc2OC(F)(F)F)c1. The summed E-state index contributed by atoms with van der Waals surface area (Å²) in [6.07, 6.45) is -4.71. The molecule has 2 nitrogen and oxygen atoms in total. The van der Waals surface area contributed by atoms with Crippen molar-refractivity contribution in [2.45, 2.75) is 19.3 Å². The second-order valence-corrected chi connectivity index (χ2v) is 4.46. The summed E-state index contributed by atoms with van der Waals surface area (Å²) in [5.41, 5.74) is 7.66. The maximum absolute atomic E-state index is 12.4. The summed E-state index contributed by atoms with van der Waals surface area (Å²) in [6.45, 7) is 1.82. The lowest BCUT2D eigenvalue weighted by Gasteiger charge is -2.14. The van der Waals surface area contributed by atoms with Crippen molar-refractivity contribution in [2.75, 3.05) is 0 Å². The Bertz CT molecular complexity index is 594. The van der Waals surface area contributed by atoms with Gasteiger partial charge in [0.1, 0.15) is 5.75 Å². The van der Waals surface area contributed by atoms with E-state index in [9.17, 15) is 13.2 Å². The molecular formula is C15H14F3NO. The Morgan fingerprint density at radius 2 is 1.75 bits per heavy atom. The third-order valence-electron chi connectivity index (χ3n) is 2.84. The molecule has 0 fully saturated rings. The van der Waals surface area contributed by atoms with E-state index in [1.807, 2.05) is 13.0 Å². The molecule has 2 N–H and O–H groups in total. The zero-order valence-corrected chi connectivity index (χ0v) is 10.8. The monoisotopic (exact) mass is 281 g/mol. The van der Waals surface area contributed by atoms with Crippen LogP contribution in [0.2, 0.25) is 0 Å². The molecule has 0 aliphatic rings. The third-order valence-corrected chi connectivity index (χ3v) is 2.84. The predicted octanol–water partition coefficient (Wildman–Crippen LogP) is 4.27. The highest BCUT2D eigenvalue weighted by Gasteiger charge is 2.32. The standard InChI is InChI=1S/C15H14F3NO/c1-10(19)11-5-4-6-12(9-11)13-7-2-3-8-14(13)20-15(16,17)18/h2-10H,19H2,1H3/t10-/m1/s1. The van der Waals surface area contributed by atoms with E-state index in [0.29, 0.717) is 11.1 Å². The molecule has 0 spiro atoms. The average molecular weight is 281 g/mol. The molecule has 2 aromatic carbocycles. The van der Waals surface area contributed by atoms with Crippen molar-refractivity contribution >= 4 is 0 Å². The van der Waals surface area contributed by atoms with Crippen molar-refractivity contribution in [3.8, 4) is 16.9 Å². The molecule has 0 bridgehead atoms. The normalized spacial score (nSPS) is 13.1. The van der Waals surface area contributed by atoms with Crippen LogP contribution in [0.25, 0.3) is 11.1 Å². The van der Waals surface area contributed by atoms with Crippen LogP contribution >= 0.6 is 0 Å². The minimum absolute atomic E-state index is 0.189. The Morgan fingerprint density at radius 1 is 1.05 bits per heavy atom. The Morgan fingerprint density at radius 3 is 2.40 bits per heavy atom. The fourth-order valence-electron chi connectivity index (χ4n) is 1.91. The average Bonchev–Trinajstić information content (AvgIpc) is 2.37. The van der Waals surface area contributed by atoms with Gasteiger partial charge in [0, 0.05) is 11.6 Å². The number of nitrogens with two attached hydrogens (primary N) is 1. The van der Waals surface area contributed by atoms with Crippen molar-refractivity contribution in [3.05, 3.63) is 54.1 Å². The number of halogens is 3. The molecule has 106 valence electrons. The highest BCUT2D eigenvalue weighted by atomic mass is 19.4. The summed E-state index contributed by atoms with van der Waals surface area (Å²) < 4.78 is 41.3. The van der Waals surface area contributed by atoms with Gasteiger partial charge in [0.15, 0.2) is 0 Å². The van der Waals surface area contributed by atoms with Crippen molar-refractivity contribution in [1.29, 1.82) is 0 Å². The van der Waals surface area contributed by atoms with E-state index in [0.717, 1.165) is 5.56 Å². The van der Waals surface area contributed by atoms with E-state index in [1.165, 1.54) is 12.1 Å². The van der Waals surface area contributed by atoms with Gasteiger partial charge in [-0.15, -0.1) is 13.2 Å². The van der Waals surface area contributed by atoms with Gasteiger partial charge in [0.25, 0.3) is 0 Å². The summed E-state index contributed by atoms with van der Waals surface area (Å²) in [5, 5.41) is 0. The van der Waals surface area contributed by atoms with Gasteiger partial charge in [-0.05, 0) is 30.2 Å². The highest BCUT2D eigenvalue weighted by molar-refractivity contribution is 5.71. The first-order chi connectivity index (χ1) is 9.37. The van der Waals surface area contributed by atoms with Crippen molar-refractivity contribution in [1.82, 2.24) is 0 Å². The van der Waals surface area contributed by atoms with E-state index in [-0.39, 0.29) is 11.8 Å². The summed E-state index contributed by atoms with van der Waals surface area (Å²) in [7, 11) is 0. The summed E-state index contributed by atoms with van der Waals surface area (Å²) in [4.78, 5) is 0. The first-order valence-electron chi connectivity index (χ1n) is 6.07. The van der Waals surface area contributed by atoms with Crippen LogP contribution in [0.1, 0.15) is 18.5 Å². The fraction of sp³-hybridized carbons (Fsp3) is 0.200. The summed E-state index contributed by atoms with van der Waals surface area (Å²) >= 11 is 0. The molecule has 0 aliphatic carbocycles. The van der Waals surface area contributed by atoms with Gasteiger partial charge in [0.2, 0.25) is 0 Å². The number of hydrogen-bond acceptors (Lipinski definition) is 2. The fourth-order valence-corrected chi connectivity index (χ4v) is 1.91. The van der Waals surface area contributed by atoms with Gasteiger partial charge >= 0.3 is 6.36 Å². The maximum Gasteiger partial charge on any atom is 0.573 e. The van der Waals surface area contributed by atoms with Crippen molar-refractivity contribution < 1.29 is 17.9 Å². The van der Waals surface area contributed by atoms with Crippen LogP contribution in [0.5, 0.6) is 5.75 Å². The van der Waals surface area contributed by atoms with Crippen LogP contribution in [-0.2, 0) is 0 Å². The summed E-state index contributed by atoms with van der Waals surface area (Å²) in [6, 6.07) is 12.9. The molecule has 0 unspecified atom stereocenters. The Balaban J connectivity index is 2.45. The molecule has 20 heavy (non-hydrogen) atoms. The molecule has 0 saturated heterocycles. The van der Waals surface area contributed by atoms with Gasteiger partial charge < -0.3 is 10.5 Å². The minimum Gasteiger partial charge on any atom is -0.405 e. The number of para-hydroxylation sites is 1. The van der Waals surface area contributed by atoms with Crippen LogP contribution < -0.4 is 10.5 Å². The smallest absolute Gasteiger partial charge is 0.405 e. The third kappa shape index (κ3) is 3.51. The van der Waals surface area contributed by atoms with Crippen molar-refractivity contribution in [2.24, 2.45) is 5.73 Å². The zero-order chi connectivity index (χ0) is 14.8. The molecule has 0 aliphatic heterocycles. The molecule has 0 heterocycles. The molecule has 0 amide bonds. The molecule has 2 aromatic rings. The molecule has 2 rings (SSSR count). The Kier molecular flexibility index (Phi) is 3.99. The number of benzene rings is 2. The van der Waals surface area contributed by atoms with Crippen molar-refractivity contribution in [3.63, 3.8) is 0 Å². The largest absolute Gasteiger partial charge is 0.573 e. The molecule has 0 aromatic heterocycles. The number of hydrogen-bond donors (Lipinski definition) is 1. The van der Waals surface area contributed by atoms with E-state index in [2.05, 4.69) is 4.74 Å². The lowest BCUT2D eigenvalue weighted by atomic mass is 10.00. The van der Waals surface area contributed by atoms with Gasteiger partial charge in [0.05, 0.1) is 0 Å². The highest BCUT2D eigenvalue weighted by Crippen LogP contribution is 2.34. The first kappa shape index (κ1) is 14.4. The van der Waals surface area contributed by atoms with Crippen LogP contribution in [0.15, 0.2) is 48.5 Å². The molecule has 1 atom stereocenters. The quantitative estimate of drug-likeness (QED) is 0.911.